The molecule has 0 amide bonds. The Morgan fingerprint density at radius 3 is 2.96 bits per heavy atom. The lowest BCUT2D eigenvalue weighted by Gasteiger charge is -2.07. The molecule has 6 nitrogen and oxygen atoms in total. The molecule has 3 aromatic rings. The maximum absolute atomic E-state index is 13.7. The summed E-state index contributed by atoms with van der Waals surface area (Å²) >= 11 is 1.97. The van der Waals surface area contributed by atoms with Crippen molar-refractivity contribution in [2.75, 3.05) is 13.2 Å². The first-order valence-corrected chi connectivity index (χ1v) is 8.59. The SMILES string of the molecule is O=c1[nH]c2nc(SCc3cccc(F)c3F)nc(OCCO)c2s1. The van der Waals surface area contributed by atoms with Crippen molar-refractivity contribution >= 4 is 33.4 Å². The fourth-order valence-corrected chi connectivity index (χ4v) is 3.44. The third-order valence-electron chi connectivity index (χ3n) is 2.95. The van der Waals surface area contributed by atoms with Crippen molar-refractivity contribution in [2.24, 2.45) is 0 Å². The minimum Gasteiger partial charge on any atom is -0.474 e. The number of hydrogen-bond acceptors (Lipinski definition) is 7. The summed E-state index contributed by atoms with van der Waals surface area (Å²) in [6.45, 7) is -0.192. The minimum absolute atomic E-state index is 0.0147. The van der Waals surface area contributed by atoms with E-state index >= 15 is 0 Å². The van der Waals surface area contributed by atoms with E-state index in [4.69, 9.17) is 9.84 Å². The maximum Gasteiger partial charge on any atom is 0.306 e. The van der Waals surface area contributed by atoms with Gasteiger partial charge in [0.15, 0.2) is 22.4 Å². The molecular formula is C14H11F2N3O3S2. The summed E-state index contributed by atoms with van der Waals surface area (Å²) < 4.78 is 32.7. The highest BCUT2D eigenvalue weighted by atomic mass is 32.2. The summed E-state index contributed by atoms with van der Waals surface area (Å²) in [6.07, 6.45) is 0. The molecule has 0 saturated heterocycles. The lowest BCUT2D eigenvalue weighted by atomic mass is 10.2. The van der Waals surface area contributed by atoms with Gasteiger partial charge in [-0.05, 0) is 6.07 Å². The summed E-state index contributed by atoms with van der Waals surface area (Å²) in [7, 11) is 0. The van der Waals surface area contributed by atoms with Crippen molar-refractivity contribution in [1.29, 1.82) is 0 Å². The zero-order chi connectivity index (χ0) is 17.1. The van der Waals surface area contributed by atoms with Gasteiger partial charge in [-0.2, -0.15) is 4.98 Å². The Morgan fingerprint density at radius 1 is 1.33 bits per heavy atom. The molecule has 0 aliphatic heterocycles. The number of nitrogens with zero attached hydrogens (tertiary/aromatic N) is 2. The van der Waals surface area contributed by atoms with Crippen molar-refractivity contribution in [3.05, 3.63) is 45.1 Å². The average Bonchev–Trinajstić information content (AvgIpc) is 2.94. The molecule has 24 heavy (non-hydrogen) atoms. The quantitative estimate of drug-likeness (QED) is 0.511. The first-order valence-electron chi connectivity index (χ1n) is 6.78. The van der Waals surface area contributed by atoms with Crippen LogP contribution in [-0.2, 0) is 5.75 Å². The number of halogens is 2. The first-order chi connectivity index (χ1) is 11.6. The van der Waals surface area contributed by atoms with Crippen LogP contribution in [0.25, 0.3) is 10.3 Å². The molecule has 0 unspecified atom stereocenters. The molecule has 2 N–H and O–H groups in total. The van der Waals surface area contributed by atoms with E-state index in [1.54, 1.807) is 0 Å². The minimum atomic E-state index is -0.918. The van der Waals surface area contributed by atoms with Crippen LogP contribution in [0.4, 0.5) is 8.78 Å². The van der Waals surface area contributed by atoms with Gasteiger partial charge < -0.3 is 9.84 Å². The van der Waals surface area contributed by atoms with E-state index in [0.717, 1.165) is 29.2 Å². The fraction of sp³-hybridized carbons (Fsp3) is 0.214. The number of aliphatic hydroxyl groups excluding tert-OH is 1. The summed E-state index contributed by atoms with van der Waals surface area (Å²) in [5.74, 6) is -1.55. The van der Waals surface area contributed by atoms with Crippen LogP contribution in [0.2, 0.25) is 0 Å². The van der Waals surface area contributed by atoms with Crippen LogP contribution < -0.4 is 9.61 Å². The Labute approximate surface area is 142 Å². The predicted molar refractivity (Wildman–Crippen MR) is 86.5 cm³/mol. The van der Waals surface area contributed by atoms with E-state index in [0.29, 0.717) is 10.3 Å². The second kappa shape index (κ2) is 7.24. The number of H-pyrrole nitrogens is 1. The van der Waals surface area contributed by atoms with Gasteiger partial charge in [-0.15, -0.1) is 0 Å². The van der Waals surface area contributed by atoms with Crippen LogP contribution >= 0.6 is 23.1 Å². The smallest absolute Gasteiger partial charge is 0.306 e. The number of hydrogen-bond donors (Lipinski definition) is 2. The number of aromatic nitrogens is 3. The van der Waals surface area contributed by atoms with Gasteiger partial charge in [0.25, 0.3) is 0 Å². The zero-order valence-electron chi connectivity index (χ0n) is 12.1. The number of thioether (sulfide) groups is 1. The Kier molecular flexibility index (Phi) is 5.07. The fourth-order valence-electron chi connectivity index (χ4n) is 1.91. The van der Waals surface area contributed by atoms with Gasteiger partial charge >= 0.3 is 4.87 Å². The van der Waals surface area contributed by atoms with E-state index in [1.807, 2.05) is 0 Å². The van der Waals surface area contributed by atoms with E-state index < -0.39 is 11.6 Å². The van der Waals surface area contributed by atoms with E-state index in [2.05, 4.69) is 15.0 Å². The molecule has 0 aliphatic carbocycles. The molecule has 0 aliphatic rings. The van der Waals surface area contributed by atoms with Crippen molar-refractivity contribution in [3.63, 3.8) is 0 Å². The molecule has 126 valence electrons. The van der Waals surface area contributed by atoms with E-state index in [-0.39, 0.29) is 40.4 Å². The lowest BCUT2D eigenvalue weighted by molar-refractivity contribution is 0.197. The standard InChI is InChI=1S/C14H11F2N3O3S2/c15-8-3-1-2-7(9(8)16)6-23-13-17-11-10(24-14(21)18-11)12(19-13)22-5-4-20/h1-3,20H,4-6H2,(H,17,18,19,21). The first kappa shape index (κ1) is 16.8. The Bertz CT molecular complexity index is 929. The van der Waals surface area contributed by atoms with Crippen molar-refractivity contribution in [2.45, 2.75) is 10.9 Å². The number of benzene rings is 1. The normalized spacial score (nSPS) is 11.1. The predicted octanol–water partition coefficient (Wildman–Crippen LogP) is 2.32. The second-order valence-corrected chi connectivity index (χ2v) is 6.50. The lowest BCUT2D eigenvalue weighted by Crippen LogP contribution is -2.04. The van der Waals surface area contributed by atoms with Gasteiger partial charge in [0, 0.05) is 11.3 Å². The molecule has 1 aromatic carbocycles. The zero-order valence-corrected chi connectivity index (χ0v) is 13.7. The summed E-state index contributed by atoms with van der Waals surface area (Å²) in [4.78, 5) is 22.1. The number of thiazole rings is 1. The molecule has 2 aromatic heterocycles. The average molecular weight is 371 g/mol. The number of aliphatic hydroxyl groups is 1. The van der Waals surface area contributed by atoms with Gasteiger partial charge in [-0.1, -0.05) is 35.2 Å². The topological polar surface area (TPSA) is 88.1 Å². The third-order valence-corrected chi connectivity index (χ3v) is 4.70. The van der Waals surface area contributed by atoms with Gasteiger partial charge in [0.05, 0.1) is 6.61 Å². The van der Waals surface area contributed by atoms with Crippen molar-refractivity contribution in [3.8, 4) is 5.88 Å². The largest absolute Gasteiger partial charge is 0.474 e. The summed E-state index contributed by atoms with van der Waals surface area (Å²) in [5, 5.41) is 9.11. The summed E-state index contributed by atoms with van der Waals surface area (Å²) in [5.41, 5.74) is 0.482. The Morgan fingerprint density at radius 2 is 2.17 bits per heavy atom. The van der Waals surface area contributed by atoms with Crippen molar-refractivity contribution in [1.82, 2.24) is 15.0 Å². The molecule has 0 atom stereocenters. The van der Waals surface area contributed by atoms with Crippen LogP contribution in [0.5, 0.6) is 5.88 Å². The summed E-state index contributed by atoms with van der Waals surface area (Å²) in [6, 6.07) is 3.94. The highest BCUT2D eigenvalue weighted by Crippen LogP contribution is 2.29. The van der Waals surface area contributed by atoms with Gasteiger partial charge in [-0.25, -0.2) is 13.8 Å². The molecule has 3 rings (SSSR count). The molecule has 10 heteroatoms. The molecule has 2 heterocycles. The van der Waals surface area contributed by atoms with Crippen molar-refractivity contribution < 1.29 is 18.6 Å². The third kappa shape index (κ3) is 3.55. The number of nitrogens with one attached hydrogen (secondary N) is 1. The van der Waals surface area contributed by atoms with Crippen LogP contribution in [0.3, 0.4) is 0 Å². The number of ether oxygens (including phenoxy) is 1. The molecule has 0 radical (unpaired) electrons. The van der Waals surface area contributed by atoms with Gasteiger partial charge in [0.1, 0.15) is 11.3 Å². The monoisotopic (exact) mass is 371 g/mol. The number of fused-ring (bicyclic) bond motifs is 1. The molecular weight excluding hydrogens is 360 g/mol. The molecule has 0 saturated carbocycles. The van der Waals surface area contributed by atoms with Crippen LogP contribution in [0, 0.1) is 11.6 Å². The van der Waals surface area contributed by atoms with Crippen LogP contribution in [0.15, 0.2) is 28.2 Å². The van der Waals surface area contributed by atoms with Gasteiger partial charge in [-0.3, -0.25) is 9.78 Å². The Hall–Kier alpha value is -2.04. The molecule has 0 spiro atoms. The molecule has 0 fully saturated rings. The van der Waals surface area contributed by atoms with Crippen LogP contribution in [-0.4, -0.2) is 33.3 Å². The number of rotatable bonds is 6. The van der Waals surface area contributed by atoms with Crippen LogP contribution in [0.1, 0.15) is 5.56 Å². The number of aromatic amines is 1. The highest BCUT2D eigenvalue weighted by Gasteiger charge is 2.14. The van der Waals surface area contributed by atoms with E-state index in [1.165, 1.54) is 12.1 Å². The molecule has 0 bridgehead atoms. The van der Waals surface area contributed by atoms with Gasteiger partial charge in [0.2, 0.25) is 5.88 Å². The Balaban J connectivity index is 1.88. The van der Waals surface area contributed by atoms with E-state index in [9.17, 15) is 13.6 Å². The maximum atomic E-state index is 13.7. The highest BCUT2D eigenvalue weighted by molar-refractivity contribution is 7.98. The second-order valence-electron chi connectivity index (χ2n) is 4.58.